The molecule has 0 rings (SSSR count). The van der Waals surface area contributed by atoms with Crippen LogP contribution in [0, 0.1) is 0 Å². The van der Waals surface area contributed by atoms with E-state index in [2.05, 4.69) is 13.8 Å². The molecule has 6 nitrogen and oxygen atoms in total. The average Bonchev–Trinajstić information content (AvgIpc) is 2.37. The molecule has 0 unspecified atom stereocenters. The van der Waals surface area contributed by atoms with Crippen molar-refractivity contribution in [1.82, 2.24) is 0 Å². The highest BCUT2D eigenvalue weighted by atomic mass is 16.1. The molecule has 0 spiro atoms. The molecule has 6 heteroatoms. The number of nitrogens with zero attached hydrogens (tertiary/aromatic N) is 3. The van der Waals surface area contributed by atoms with E-state index in [4.69, 9.17) is 30.6 Å². The van der Waals surface area contributed by atoms with Crippen LogP contribution < -0.4 is 0 Å². The van der Waals surface area contributed by atoms with Gasteiger partial charge in [-0.15, -0.1) is 0 Å². The first-order valence-corrected chi connectivity index (χ1v) is 6.20. The lowest BCUT2D eigenvalue weighted by molar-refractivity contribution is 0.568. The first-order chi connectivity index (χ1) is 9.16. The molecule has 0 atom stereocenters. The van der Waals surface area contributed by atoms with Gasteiger partial charge in [-0.1, -0.05) is 65.2 Å². The molecule has 0 bridgehead atoms. The van der Waals surface area contributed by atoms with Crippen molar-refractivity contribution in [3.63, 3.8) is 0 Å². The second-order valence-corrected chi connectivity index (χ2v) is 3.40. The van der Waals surface area contributed by atoms with Gasteiger partial charge in [-0.3, -0.25) is 14.4 Å². The number of rotatable bonds is 7. The fraction of sp³-hybridized carbons (Fsp3) is 0.769. The van der Waals surface area contributed by atoms with Crippen molar-refractivity contribution in [1.29, 1.82) is 0 Å². The fourth-order valence-electron chi connectivity index (χ4n) is 1.21. The Hall–Kier alpha value is -1.86. The second-order valence-electron chi connectivity index (χ2n) is 3.40. The summed E-state index contributed by atoms with van der Waals surface area (Å²) in [4.78, 5) is 24.7. The third-order valence-electron chi connectivity index (χ3n) is 1.96. The summed E-state index contributed by atoms with van der Waals surface area (Å²) >= 11 is 0. The highest BCUT2D eigenvalue weighted by Crippen LogP contribution is 2.07. The Morgan fingerprint density at radius 3 is 0.895 bits per heavy atom. The third kappa shape index (κ3) is 122. The molecular weight excluding hydrogens is 246 g/mol. The van der Waals surface area contributed by atoms with E-state index >= 15 is 0 Å². The van der Waals surface area contributed by atoms with Crippen LogP contribution in [-0.4, -0.2) is 18.2 Å². The van der Waals surface area contributed by atoms with E-state index in [0.717, 1.165) is 0 Å². The minimum atomic E-state index is 0.500. The largest absolute Gasteiger partial charge is 0.724 e. The van der Waals surface area contributed by atoms with Crippen LogP contribution in [0.5, 0.6) is 0 Å². The van der Waals surface area contributed by atoms with Crippen LogP contribution in [0.15, 0.2) is 0 Å². The molecule has 0 aliphatic carbocycles. The van der Waals surface area contributed by atoms with Crippen LogP contribution >= 0.6 is 0 Å². The third-order valence-corrected chi connectivity index (χ3v) is 1.96. The van der Waals surface area contributed by atoms with Gasteiger partial charge in [0.05, 0.1) is 0 Å². The van der Waals surface area contributed by atoms with Crippen LogP contribution in [0.2, 0.25) is 0 Å². The molecule has 0 saturated carbocycles. The van der Waals surface area contributed by atoms with Crippen molar-refractivity contribution < 1.29 is 14.4 Å². The molecule has 0 heterocycles. The van der Waals surface area contributed by atoms with Crippen LogP contribution in [0.3, 0.4) is 0 Å². The minimum Gasteiger partial charge on any atom is -0.724 e. The lowest BCUT2D eigenvalue weighted by Crippen LogP contribution is -1.77. The van der Waals surface area contributed by atoms with Gasteiger partial charge in [-0.05, 0) is 18.2 Å². The molecule has 0 aliphatic heterocycles. The zero-order chi connectivity index (χ0) is 15.8. The van der Waals surface area contributed by atoms with Crippen molar-refractivity contribution >= 4 is 18.2 Å². The van der Waals surface area contributed by atoms with Gasteiger partial charge in [-0.2, -0.15) is 0 Å². The van der Waals surface area contributed by atoms with Gasteiger partial charge in [0.1, 0.15) is 0 Å². The fourth-order valence-corrected chi connectivity index (χ4v) is 1.21. The Labute approximate surface area is 115 Å². The van der Waals surface area contributed by atoms with Gasteiger partial charge >= 0.3 is 0 Å². The Morgan fingerprint density at radius 2 is 0.737 bits per heavy atom. The Balaban J connectivity index is -0.000000103. The molecule has 0 aromatic carbocycles. The average molecular weight is 268 g/mol. The number of carbonyl (C=O) groups excluding carboxylic acids is 3. The molecular formula is C13H22N3O3-3. The maximum atomic E-state index is 8.24. The molecule has 0 amide bonds. The Bertz CT molecular complexity index is 201. The van der Waals surface area contributed by atoms with E-state index in [0.29, 0.717) is 18.2 Å². The number of hydrogen-bond acceptors (Lipinski definition) is 3. The predicted molar refractivity (Wildman–Crippen MR) is 75.4 cm³/mol. The molecule has 0 radical (unpaired) electrons. The Morgan fingerprint density at radius 1 is 0.579 bits per heavy atom. The molecule has 0 aromatic rings. The van der Waals surface area contributed by atoms with Crippen LogP contribution in [0.25, 0.3) is 16.2 Å². The predicted octanol–water partition coefficient (Wildman–Crippen LogP) is 3.82. The number of hydrogen-bond donors (Lipinski definition) is 0. The normalized spacial score (nSPS) is 6.63. The standard InChI is InChI=1S/C10H22.3CNO/c1-3-5-7-9-10-8-6-4-2;3*2-1-3/h3-10H2,1-2H3;;;/q;3*-1. The molecule has 0 N–H and O–H groups in total. The molecule has 0 saturated heterocycles. The maximum absolute atomic E-state index is 8.24. The van der Waals surface area contributed by atoms with Crippen LogP contribution in [0.4, 0.5) is 0 Å². The van der Waals surface area contributed by atoms with Crippen molar-refractivity contribution in [2.75, 3.05) is 0 Å². The van der Waals surface area contributed by atoms with Crippen molar-refractivity contribution in [2.45, 2.75) is 65.2 Å². The molecule has 0 fully saturated rings. The van der Waals surface area contributed by atoms with Gasteiger partial charge < -0.3 is 16.2 Å². The highest BCUT2D eigenvalue weighted by Gasteiger charge is 1.87. The van der Waals surface area contributed by atoms with Gasteiger partial charge in [0.15, 0.2) is 0 Å². The summed E-state index contributed by atoms with van der Waals surface area (Å²) < 4.78 is 0. The SMILES string of the molecule is CCCCCCCCCC.[N-]=C=O.[N-]=C=O.[N-]=C=O. The van der Waals surface area contributed by atoms with Gasteiger partial charge in [0.2, 0.25) is 0 Å². The first-order valence-electron chi connectivity index (χ1n) is 6.20. The highest BCUT2D eigenvalue weighted by molar-refractivity contribution is 5.37. The molecule has 110 valence electrons. The lowest BCUT2D eigenvalue weighted by Gasteiger charge is -1.97. The quantitative estimate of drug-likeness (QED) is 0.396. The zero-order valence-corrected chi connectivity index (χ0v) is 11.7. The number of unbranched alkanes of at least 4 members (excludes halogenated alkanes) is 7. The summed E-state index contributed by atoms with van der Waals surface area (Å²) in [6.45, 7) is 4.54. The van der Waals surface area contributed by atoms with Gasteiger partial charge in [0.25, 0.3) is 0 Å². The van der Waals surface area contributed by atoms with Crippen molar-refractivity contribution in [2.24, 2.45) is 0 Å². The lowest BCUT2D eigenvalue weighted by atomic mass is 10.1. The molecule has 0 aromatic heterocycles. The summed E-state index contributed by atoms with van der Waals surface area (Å²) in [6, 6.07) is 0. The van der Waals surface area contributed by atoms with E-state index in [1.807, 2.05) is 0 Å². The van der Waals surface area contributed by atoms with Crippen LogP contribution in [0.1, 0.15) is 65.2 Å². The van der Waals surface area contributed by atoms with Gasteiger partial charge in [0, 0.05) is 0 Å². The smallest absolute Gasteiger partial charge is 0.0159 e. The summed E-state index contributed by atoms with van der Waals surface area (Å²) in [5, 5.41) is 20.3. The number of isocyanates is 3. The van der Waals surface area contributed by atoms with E-state index in [-0.39, 0.29) is 0 Å². The van der Waals surface area contributed by atoms with Crippen LogP contribution in [-0.2, 0) is 14.4 Å². The van der Waals surface area contributed by atoms with Crippen molar-refractivity contribution in [3.8, 4) is 0 Å². The molecule has 0 aliphatic rings. The van der Waals surface area contributed by atoms with E-state index < -0.39 is 0 Å². The summed E-state index contributed by atoms with van der Waals surface area (Å²) in [5.41, 5.74) is 0. The Kier molecular flexibility index (Phi) is 60.3. The summed E-state index contributed by atoms with van der Waals surface area (Å²) in [7, 11) is 0. The zero-order valence-electron chi connectivity index (χ0n) is 11.7. The second kappa shape index (κ2) is 44.3. The van der Waals surface area contributed by atoms with Gasteiger partial charge in [-0.25, -0.2) is 0 Å². The van der Waals surface area contributed by atoms with Crippen molar-refractivity contribution in [3.05, 3.63) is 16.2 Å². The van der Waals surface area contributed by atoms with E-state index in [1.54, 1.807) is 0 Å². The van der Waals surface area contributed by atoms with E-state index in [9.17, 15) is 0 Å². The maximum Gasteiger partial charge on any atom is -0.0159 e. The summed E-state index contributed by atoms with van der Waals surface area (Å²) in [6.07, 6.45) is 13.0. The molecule has 19 heavy (non-hydrogen) atoms. The first kappa shape index (κ1) is 25.9. The van der Waals surface area contributed by atoms with E-state index in [1.165, 1.54) is 51.4 Å². The monoisotopic (exact) mass is 268 g/mol. The topological polar surface area (TPSA) is 118 Å². The minimum absolute atomic E-state index is 0.500. The summed E-state index contributed by atoms with van der Waals surface area (Å²) in [5.74, 6) is 0.